The lowest BCUT2D eigenvalue weighted by Gasteiger charge is -2.48. The van der Waals surface area contributed by atoms with E-state index in [0.717, 1.165) is 0 Å². The van der Waals surface area contributed by atoms with E-state index in [1.807, 2.05) is 0 Å². The van der Waals surface area contributed by atoms with Crippen LogP contribution < -0.4 is 16.0 Å². The van der Waals surface area contributed by atoms with E-state index < -0.39 is 149 Å². The number of hydrogen-bond donors (Lipinski definition) is 16. The topological polar surface area (TPSA) is 407 Å². The fraction of sp³-hybridized carbons (Fsp3) is 1.00. The zero-order valence-electron chi connectivity index (χ0n) is 36.7. The van der Waals surface area contributed by atoms with Crippen molar-refractivity contribution in [2.45, 2.75) is 213 Å². The van der Waals surface area contributed by atoms with Crippen LogP contribution in [0.15, 0.2) is 0 Å². The Hall–Kier alpha value is -1.52. The molecule has 0 aromatic heterocycles. The van der Waals surface area contributed by atoms with Crippen LogP contribution >= 0.6 is 0 Å². The summed E-state index contributed by atoms with van der Waals surface area (Å²) in [7, 11) is 0. The quantitative estimate of drug-likeness (QED) is 0.0158. The Morgan fingerprint density at radius 1 is 0.754 bits per heavy atom. The Morgan fingerprint density at radius 3 is 2.03 bits per heavy atom. The Balaban J connectivity index is 1.24. The van der Waals surface area contributed by atoms with E-state index in [9.17, 15) is 76.5 Å². The smallest absolute Gasteiger partial charge is 0.213 e. The van der Waals surface area contributed by atoms with E-state index in [4.69, 9.17) is 33.2 Å². The Kier molecular flexibility index (Phi) is 23.8. The van der Waals surface area contributed by atoms with Gasteiger partial charge < -0.3 is 99.5 Å². The molecule has 26 heteroatoms. The highest BCUT2D eigenvalue weighted by Gasteiger charge is 2.52. The van der Waals surface area contributed by atoms with Gasteiger partial charge in [0.25, 0.3) is 0 Å². The molecule has 0 bridgehead atoms. The summed E-state index contributed by atoms with van der Waals surface area (Å²) in [6.07, 6.45) is -22.5. The second kappa shape index (κ2) is 27.6. The summed E-state index contributed by atoms with van der Waals surface area (Å²) in [5.74, 6) is 0. The molecule has 3 saturated heterocycles. The summed E-state index contributed by atoms with van der Waals surface area (Å²) < 4.78 is 40.6. The summed E-state index contributed by atoms with van der Waals surface area (Å²) in [6, 6.07) is -2.87. The van der Waals surface area contributed by atoms with Crippen molar-refractivity contribution in [1.82, 2.24) is 16.0 Å². The number of nitrogens with one attached hydrogen (secondary N) is 3. The van der Waals surface area contributed by atoms with Gasteiger partial charge in [0.15, 0.2) is 25.2 Å². The zero-order valence-corrected chi connectivity index (χ0v) is 36.7. The van der Waals surface area contributed by atoms with Crippen molar-refractivity contribution >= 4 is 0 Å². The molecular formula is C39H74N4O22. The first-order valence-corrected chi connectivity index (χ1v) is 22.4. The van der Waals surface area contributed by atoms with E-state index >= 15 is 0 Å². The van der Waals surface area contributed by atoms with Crippen LogP contribution in [0.2, 0.25) is 0 Å². The van der Waals surface area contributed by atoms with E-state index in [0.29, 0.717) is 64.3 Å². The Bertz CT molecular complexity index is 1340. The van der Waals surface area contributed by atoms with Gasteiger partial charge in [0.2, 0.25) is 6.04 Å². The van der Waals surface area contributed by atoms with Gasteiger partial charge in [-0.2, -0.15) is 0 Å². The molecule has 382 valence electrons. The maximum atomic E-state index is 11.5. The lowest BCUT2D eigenvalue weighted by molar-refractivity contribution is -0.527. The van der Waals surface area contributed by atoms with Crippen molar-refractivity contribution in [2.24, 2.45) is 0 Å². The summed E-state index contributed by atoms with van der Waals surface area (Å²) in [6.45, 7) is 0.898. The van der Waals surface area contributed by atoms with Gasteiger partial charge in [-0.3, -0.25) is 26.1 Å². The lowest BCUT2D eigenvalue weighted by Crippen LogP contribution is -2.68. The highest BCUT2D eigenvalue weighted by atomic mass is 16.7. The van der Waals surface area contributed by atoms with E-state index in [2.05, 4.69) is 16.0 Å². The van der Waals surface area contributed by atoms with E-state index in [1.165, 1.54) is 13.8 Å². The van der Waals surface area contributed by atoms with E-state index in [-0.39, 0.29) is 24.1 Å². The van der Waals surface area contributed by atoms with E-state index in [1.54, 1.807) is 0 Å². The molecule has 1 aliphatic carbocycles. The first-order chi connectivity index (χ1) is 30.8. The highest BCUT2D eigenvalue weighted by Crippen LogP contribution is 2.32. The molecule has 4 fully saturated rings. The van der Waals surface area contributed by atoms with Crippen LogP contribution in [0.1, 0.15) is 78.1 Å². The fourth-order valence-corrected chi connectivity index (χ4v) is 8.43. The third kappa shape index (κ3) is 16.8. The number of hydrogen-bond acceptors (Lipinski definition) is 25. The van der Waals surface area contributed by atoms with Crippen molar-refractivity contribution in [1.29, 1.82) is 0 Å². The maximum absolute atomic E-state index is 11.5. The SMILES string of the molecule is CC(O)NC1C(O)C(O[C@@H]2OC(CO[C@@H]3CC(O)[C@@H](NC(C)O)C(C(O)C(O)CO)O3)[C@H](O)C(O)C2O)C(CO)O[C@H]1OCCCNC(O)CCCCC(O)OC1CCC([N+](=O)[O-])CC1. The molecule has 4 rings (SSSR count). The molecule has 0 aromatic carbocycles. The number of unbranched alkanes of at least 4 members (excludes halogenated alkanes) is 1. The maximum Gasteiger partial charge on any atom is 0.213 e. The van der Waals surface area contributed by atoms with Crippen LogP contribution in [0.5, 0.6) is 0 Å². The average Bonchev–Trinajstić information content (AvgIpc) is 3.26. The predicted molar refractivity (Wildman–Crippen MR) is 218 cm³/mol. The molecule has 20 atom stereocenters. The van der Waals surface area contributed by atoms with Crippen molar-refractivity contribution in [2.75, 3.05) is 33.0 Å². The van der Waals surface area contributed by atoms with Gasteiger partial charge in [0.1, 0.15) is 79.7 Å². The van der Waals surface area contributed by atoms with Crippen molar-refractivity contribution in [3.05, 3.63) is 10.1 Å². The minimum Gasteiger partial charge on any atom is -0.394 e. The minimum atomic E-state index is -1.91. The molecule has 16 N–H and O–H groups in total. The van der Waals surface area contributed by atoms with Crippen molar-refractivity contribution < 1.29 is 104 Å². The molecule has 0 amide bonds. The number of nitro groups is 1. The third-order valence-corrected chi connectivity index (χ3v) is 12.0. The van der Waals surface area contributed by atoms with Crippen LogP contribution in [0.4, 0.5) is 0 Å². The van der Waals surface area contributed by atoms with Gasteiger partial charge in [0.05, 0.1) is 50.7 Å². The minimum absolute atomic E-state index is 0.0310. The second-order valence-corrected chi connectivity index (χ2v) is 17.3. The Labute approximate surface area is 376 Å². The molecule has 0 radical (unpaired) electrons. The summed E-state index contributed by atoms with van der Waals surface area (Å²) in [4.78, 5) is 10.7. The molecule has 4 aliphatic rings. The van der Waals surface area contributed by atoms with Crippen LogP contribution in [0.25, 0.3) is 0 Å². The number of aliphatic hydroxyl groups is 13. The third-order valence-electron chi connectivity index (χ3n) is 12.0. The van der Waals surface area contributed by atoms with Gasteiger partial charge >= 0.3 is 0 Å². The number of aliphatic hydroxyl groups excluding tert-OH is 13. The van der Waals surface area contributed by atoms with Gasteiger partial charge in [-0.15, -0.1) is 0 Å². The summed E-state index contributed by atoms with van der Waals surface area (Å²) in [5.41, 5.74) is 0. The van der Waals surface area contributed by atoms with Crippen molar-refractivity contribution in [3.63, 3.8) is 0 Å². The standard InChI is InChI=1S/C39H74N4O22/c1-18(46)41-29-22(48)14-28(64-37(29)31(52)23(49)15-44)60-17-25-32(53)34(55)35(56)39(63-25)65-36-24(16-45)62-38(30(33(36)54)42-19(2)47)59-13-5-12-40-26(50)6-3-4-7-27(51)61-21-10-8-20(9-11-21)43(57)58/h18-42,44-56H,3-17H2,1-2H3/t18?,19?,20?,21?,22?,23?,24?,25?,26?,27?,28-,29+,30?,31?,32-,33?,34?,35?,36?,37?,38+,39-/m0/s1. The molecule has 0 spiro atoms. The number of nitrogens with zero attached hydrogens (tertiary/aromatic N) is 1. The van der Waals surface area contributed by atoms with Crippen LogP contribution in [0, 0.1) is 10.1 Å². The second-order valence-electron chi connectivity index (χ2n) is 17.3. The lowest BCUT2D eigenvalue weighted by atomic mass is 9.92. The summed E-state index contributed by atoms with van der Waals surface area (Å²) >= 11 is 0. The molecule has 15 unspecified atom stereocenters. The van der Waals surface area contributed by atoms with Crippen LogP contribution in [0.3, 0.4) is 0 Å². The average molecular weight is 951 g/mol. The molecule has 26 nitrogen and oxygen atoms in total. The van der Waals surface area contributed by atoms with Gasteiger partial charge in [-0.25, -0.2) is 0 Å². The van der Waals surface area contributed by atoms with Gasteiger partial charge in [-0.05, 0) is 65.3 Å². The Morgan fingerprint density at radius 2 is 1.40 bits per heavy atom. The predicted octanol–water partition coefficient (Wildman–Crippen LogP) is -6.15. The monoisotopic (exact) mass is 950 g/mol. The molecule has 3 aliphatic heterocycles. The van der Waals surface area contributed by atoms with Crippen molar-refractivity contribution in [3.8, 4) is 0 Å². The zero-order chi connectivity index (χ0) is 48.0. The normalized spacial score (nSPS) is 38.7. The number of ether oxygens (including phenoxy) is 7. The molecule has 3 heterocycles. The van der Waals surface area contributed by atoms with Crippen LogP contribution in [-0.4, -0.2) is 239 Å². The summed E-state index contributed by atoms with van der Waals surface area (Å²) in [5, 5.41) is 155. The highest BCUT2D eigenvalue weighted by molar-refractivity contribution is 4.98. The first-order valence-electron chi connectivity index (χ1n) is 22.4. The fourth-order valence-electron chi connectivity index (χ4n) is 8.43. The molecule has 0 aromatic rings. The van der Waals surface area contributed by atoms with Crippen LogP contribution in [-0.2, 0) is 33.2 Å². The van der Waals surface area contributed by atoms with Gasteiger partial charge in [0, 0.05) is 24.2 Å². The first kappa shape index (κ1) is 56.1. The molecule has 1 saturated carbocycles. The molecule has 65 heavy (non-hydrogen) atoms. The largest absolute Gasteiger partial charge is 0.394 e. The number of rotatable bonds is 27. The van der Waals surface area contributed by atoms with Gasteiger partial charge in [-0.1, -0.05) is 0 Å². The molecular weight excluding hydrogens is 876 g/mol.